The molecule has 0 bridgehead atoms. The first-order chi connectivity index (χ1) is 14.0. The van der Waals surface area contributed by atoms with Gasteiger partial charge in [0.15, 0.2) is 17.3 Å². The second-order valence-electron chi connectivity index (χ2n) is 6.46. The van der Waals surface area contributed by atoms with E-state index in [0.717, 1.165) is 15.7 Å². The summed E-state index contributed by atoms with van der Waals surface area (Å²) in [5, 5.41) is 4.07. The third-order valence-electron chi connectivity index (χ3n) is 4.53. The highest BCUT2D eigenvalue weighted by Crippen LogP contribution is 2.31. The molecule has 0 aliphatic rings. The second-order valence-corrected chi connectivity index (χ2v) is 7.81. The average Bonchev–Trinajstić information content (AvgIpc) is 2.73. The van der Waals surface area contributed by atoms with E-state index in [1.54, 1.807) is 32.4 Å². The number of ether oxygens (including phenoxy) is 2. The van der Waals surface area contributed by atoms with E-state index in [4.69, 9.17) is 21.1 Å². The Labute approximate surface area is 183 Å². The Morgan fingerprint density at radius 3 is 2.38 bits per heavy atom. The van der Waals surface area contributed by atoms with Crippen LogP contribution in [-0.2, 0) is 0 Å². The number of benzene rings is 3. The van der Waals surface area contributed by atoms with Gasteiger partial charge in [-0.3, -0.25) is 4.79 Å². The molecule has 0 heterocycles. The number of hydrogen-bond acceptors (Lipinski definition) is 4. The Kier molecular flexibility index (Phi) is 7.18. The van der Waals surface area contributed by atoms with Gasteiger partial charge in [0, 0.05) is 27.2 Å². The van der Waals surface area contributed by atoms with Crippen molar-refractivity contribution in [3.8, 4) is 11.5 Å². The first-order valence-electron chi connectivity index (χ1n) is 9.03. The molecule has 1 unspecified atom stereocenters. The van der Waals surface area contributed by atoms with E-state index in [9.17, 15) is 4.79 Å². The third-order valence-corrected chi connectivity index (χ3v) is 5.30. The highest BCUT2D eigenvalue weighted by atomic mass is 79.9. The van der Waals surface area contributed by atoms with E-state index >= 15 is 0 Å². The standard InChI is InChI=1S/C23H21BrClNO3/c1-28-22-11-8-16(12-23(22)29-2)21(27)14-20(15-6-9-17(24)10-7-15)26-19-5-3-4-18(25)13-19/h3-13,20,26H,14H2,1-2H3. The SMILES string of the molecule is COc1ccc(C(=O)CC(Nc2cccc(Cl)c2)c2ccc(Br)cc2)cc1OC. The van der Waals surface area contributed by atoms with Crippen LogP contribution in [0.1, 0.15) is 28.4 Å². The predicted octanol–water partition coefficient (Wildman–Crippen LogP) is 6.55. The lowest BCUT2D eigenvalue weighted by atomic mass is 9.97. The van der Waals surface area contributed by atoms with Crippen molar-refractivity contribution in [1.82, 2.24) is 0 Å². The number of anilines is 1. The fraction of sp³-hybridized carbons (Fsp3) is 0.174. The van der Waals surface area contributed by atoms with Crippen LogP contribution in [0.5, 0.6) is 11.5 Å². The van der Waals surface area contributed by atoms with Crippen LogP contribution in [0.2, 0.25) is 5.02 Å². The number of Topliss-reactive ketones (excluding diaryl/α,β-unsaturated/α-hetero) is 1. The summed E-state index contributed by atoms with van der Waals surface area (Å²) in [5.41, 5.74) is 2.42. The van der Waals surface area contributed by atoms with Gasteiger partial charge < -0.3 is 14.8 Å². The van der Waals surface area contributed by atoms with E-state index in [-0.39, 0.29) is 18.2 Å². The lowest BCUT2D eigenvalue weighted by Gasteiger charge is -2.20. The number of methoxy groups -OCH3 is 2. The minimum atomic E-state index is -0.220. The highest BCUT2D eigenvalue weighted by Gasteiger charge is 2.19. The molecule has 150 valence electrons. The first-order valence-corrected chi connectivity index (χ1v) is 10.2. The average molecular weight is 475 g/mol. The lowest BCUT2D eigenvalue weighted by molar-refractivity contribution is 0.0976. The van der Waals surface area contributed by atoms with Crippen molar-refractivity contribution < 1.29 is 14.3 Å². The van der Waals surface area contributed by atoms with Gasteiger partial charge in [0.25, 0.3) is 0 Å². The second kappa shape index (κ2) is 9.81. The third kappa shape index (κ3) is 5.52. The molecule has 1 atom stereocenters. The Balaban J connectivity index is 1.87. The van der Waals surface area contributed by atoms with Crippen LogP contribution in [0, 0.1) is 0 Å². The fourth-order valence-electron chi connectivity index (χ4n) is 3.04. The van der Waals surface area contributed by atoms with Crippen LogP contribution in [0.15, 0.2) is 71.2 Å². The first kappa shape index (κ1) is 21.2. The van der Waals surface area contributed by atoms with Gasteiger partial charge in [0.05, 0.1) is 20.3 Å². The van der Waals surface area contributed by atoms with Crippen LogP contribution in [0.25, 0.3) is 0 Å². The number of rotatable bonds is 8. The summed E-state index contributed by atoms with van der Waals surface area (Å²) < 4.78 is 11.6. The molecular weight excluding hydrogens is 454 g/mol. The largest absolute Gasteiger partial charge is 0.493 e. The Morgan fingerprint density at radius 1 is 1.00 bits per heavy atom. The summed E-state index contributed by atoms with van der Waals surface area (Å²) in [5.74, 6) is 1.11. The van der Waals surface area contributed by atoms with Crippen molar-refractivity contribution in [3.63, 3.8) is 0 Å². The van der Waals surface area contributed by atoms with E-state index in [1.807, 2.05) is 48.5 Å². The summed E-state index contributed by atoms with van der Waals surface area (Å²) in [6, 6.07) is 20.4. The van der Waals surface area contributed by atoms with E-state index in [0.29, 0.717) is 22.1 Å². The number of carbonyl (C=O) groups is 1. The maximum atomic E-state index is 13.0. The predicted molar refractivity (Wildman–Crippen MR) is 120 cm³/mol. The van der Waals surface area contributed by atoms with E-state index < -0.39 is 0 Å². The molecular formula is C23H21BrClNO3. The minimum absolute atomic E-state index is 0.00611. The van der Waals surface area contributed by atoms with Gasteiger partial charge in [-0.15, -0.1) is 0 Å². The minimum Gasteiger partial charge on any atom is -0.493 e. The van der Waals surface area contributed by atoms with E-state index in [2.05, 4.69) is 21.2 Å². The molecule has 0 saturated heterocycles. The summed E-state index contributed by atoms with van der Waals surface area (Å²) in [6.07, 6.45) is 0.267. The normalized spacial score (nSPS) is 11.6. The molecule has 3 aromatic rings. The molecule has 0 aromatic heterocycles. The van der Waals surface area contributed by atoms with Gasteiger partial charge in [-0.05, 0) is 54.1 Å². The number of nitrogens with one attached hydrogen (secondary N) is 1. The maximum absolute atomic E-state index is 13.0. The highest BCUT2D eigenvalue weighted by molar-refractivity contribution is 9.10. The summed E-state index contributed by atoms with van der Waals surface area (Å²) >= 11 is 9.58. The summed E-state index contributed by atoms with van der Waals surface area (Å²) in [6.45, 7) is 0. The Bertz CT molecular complexity index is 992. The van der Waals surface area contributed by atoms with Crippen LogP contribution < -0.4 is 14.8 Å². The zero-order valence-electron chi connectivity index (χ0n) is 16.1. The molecule has 29 heavy (non-hydrogen) atoms. The van der Waals surface area contributed by atoms with Gasteiger partial charge in [-0.1, -0.05) is 45.7 Å². The van der Waals surface area contributed by atoms with Crippen LogP contribution in [0.3, 0.4) is 0 Å². The van der Waals surface area contributed by atoms with Gasteiger partial charge >= 0.3 is 0 Å². The molecule has 3 aromatic carbocycles. The summed E-state index contributed by atoms with van der Waals surface area (Å²) in [7, 11) is 3.12. The van der Waals surface area contributed by atoms with Gasteiger partial charge in [0.2, 0.25) is 0 Å². The number of carbonyl (C=O) groups excluding carboxylic acids is 1. The van der Waals surface area contributed by atoms with Gasteiger partial charge in [-0.2, -0.15) is 0 Å². The van der Waals surface area contributed by atoms with Crippen molar-refractivity contribution >= 4 is 39.0 Å². The topological polar surface area (TPSA) is 47.6 Å². The zero-order chi connectivity index (χ0) is 20.8. The number of ketones is 1. The van der Waals surface area contributed by atoms with Gasteiger partial charge in [-0.25, -0.2) is 0 Å². The Hall–Kier alpha value is -2.50. The van der Waals surface area contributed by atoms with Crippen molar-refractivity contribution in [2.24, 2.45) is 0 Å². The van der Waals surface area contributed by atoms with Crippen molar-refractivity contribution in [1.29, 1.82) is 0 Å². The molecule has 0 amide bonds. The molecule has 0 saturated carbocycles. The molecule has 0 radical (unpaired) electrons. The van der Waals surface area contributed by atoms with Crippen LogP contribution in [0.4, 0.5) is 5.69 Å². The smallest absolute Gasteiger partial charge is 0.165 e. The zero-order valence-corrected chi connectivity index (χ0v) is 18.5. The number of halogens is 2. The molecule has 0 fully saturated rings. The van der Waals surface area contributed by atoms with Crippen molar-refractivity contribution in [3.05, 3.63) is 87.4 Å². The fourth-order valence-corrected chi connectivity index (χ4v) is 3.49. The maximum Gasteiger partial charge on any atom is 0.165 e. The molecule has 6 heteroatoms. The molecule has 0 spiro atoms. The quantitative estimate of drug-likeness (QED) is 0.376. The number of hydrogen-bond donors (Lipinski definition) is 1. The van der Waals surface area contributed by atoms with Crippen molar-refractivity contribution in [2.75, 3.05) is 19.5 Å². The molecule has 3 rings (SSSR count). The van der Waals surface area contributed by atoms with Gasteiger partial charge in [0.1, 0.15) is 0 Å². The molecule has 0 aliphatic heterocycles. The van der Waals surface area contributed by atoms with Crippen LogP contribution >= 0.6 is 27.5 Å². The lowest BCUT2D eigenvalue weighted by Crippen LogP contribution is -2.16. The monoisotopic (exact) mass is 473 g/mol. The molecule has 1 N–H and O–H groups in total. The van der Waals surface area contributed by atoms with E-state index in [1.165, 1.54) is 0 Å². The van der Waals surface area contributed by atoms with Crippen molar-refractivity contribution in [2.45, 2.75) is 12.5 Å². The summed E-state index contributed by atoms with van der Waals surface area (Å²) in [4.78, 5) is 13.0. The van der Waals surface area contributed by atoms with Crippen LogP contribution in [-0.4, -0.2) is 20.0 Å². The Morgan fingerprint density at radius 2 is 1.72 bits per heavy atom. The molecule has 0 aliphatic carbocycles. The molecule has 4 nitrogen and oxygen atoms in total.